The summed E-state index contributed by atoms with van der Waals surface area (Å²) in [7, 11) is 0. The zero-order valence-electron chi connectivity index (χ0n) is 13.7. The zero-order valence-corrected chi connectivity index (χ0v) is 13.7. The molecule has 0 aliphatic rings. The van der Waals surface area contributed by atoms with Gasteiger partial charge in [0.2, 0.25) is 0 Å². The molecule has 1 rings (SSSR count). The van der Waals surface area contributed by atoms with Gasteiger partial charge in [0.05, 0.1) is 6.42 Å². The van der Waals surface area contributed by atoms with E-state index in [1.165, 1.54) is 0 Å². The lowest BCUT2D eigenvalue weighted by Gasteiger charge is -2.22. The van der Waals surface area contributed by atoms with E-state index in [2.05, 4.69) is 5.32 Å². The van der Waals surface area contributed by atoms with Gasteiger partial charge in [0.25, 0.3) is 0 Å². The molecule has 1 aromatic carbocycles. The number of aldehydes is 1. The average molecular weight is 321 g/mol. The minimum atomic E-state index is -0.677. The van der Waals surface area contributed by atoms with Crippen molar-refractivity contribution in [2.45, 2.75) is 51.9 Å². The number of esters is 1. The maximum atomic E-state index is 11.8. The summed E-state index contributed by atoms with van der Waals surface area (Å²) in [5.74, 6) is -0.479. The summed E-state index contributed by atoms with van der Waals surface area (Å²) in [5.41, 5.74) is 0.234. The van der Waals surface area contributed by atoms with Gasteiger partial charge in [-0.15, -0.1) is 0 Å². The van der Waals surface area contributed by atoms with Gasteiger partial charge in [-0.25, -0.2) is 4.79 Å². The molecule has 0 aliphatic carbocycles. The van der Waals surface area contributed by atoms with Crippen LogP contribution in [0, 0.1) is 0 Å². The van der Waals surface area contributed by atoms with E-state index >= 15 is 0 Å². The Morgan fingerprint density at radius 1 is 1.22 bits per heavy atom. The maximum absolute atomic E-state index is 11.8. The van der Waals surface area contributed by atoms with Crippen molar-refractivity contribution >= 4 is 18.3 Å². The van der Waals surface area contributed by atoms with Gasteiger partial charge in [0.15, 0.2) is 0 Å². The third-order valence-corrected chi connectivity index (χ3v) is 2.75. The first-order chi connectivity index (χ1) is 10.8. The van der Waals surface area contributed by atoms with Crippen LogP contribution < -0.4 is 5.32 Å². The van der Waals surface area contributed by atoms with Gasteiger partial charge in [-0.3, -0.25) is 4.79 Å². The lowest BCUT2D eigenvalue weighted by molar-refractivity contribution is -0.155. The Kier molecular flexibility index (Phi) is 7.25. The molecule has 0 radical (unpaired) electrons. The molecule has 1 unspecified atom stereocenters. The first-order valence-corrected chi connectivity index (χ1v) is 7.43. The van der Waals surface area contributed by atoms with Gasteiger partial charge >= 0.3 is 12.1 Å². The third kappa shape index (κ3) is 8.60. The van der Waals surface area contributed by atoms with Crippen molar-refractivity contribution in [1.82, 2.24) is 5.32 Å². The highest BCUT2D eigenvalue weighted by Gasteiger charge is 2.22. The van der Waals surface area contributed by atoms with Gasteiger partial charge in [-0.1, -0.05) is 30.3 Å². The molecule has 23 heavy (non-hydrogen) atoms. The third-order valence-electron chi connectivity index (χ3n) is 2.75. The van der Waals surface area contributed by atoms with Gasteiger partial charge < -0.3 is 19.6 Å². The molecule has 6 nitrogen and oxygen atoms in total. The van der Waals surface area contributed by atoms with E-state index < -0.39 is 23.7 Å². The predicted octanol–water partition coefficient (Wildman–Crippen LogP) is 2.60. The minimum absolute atomic E-state index is 0.0136. The van der Waals surface area contributed by atoms with Crippen LogP contribution in [0.1, 0.15) is 39.2 Å². The van der Waals surface area contributed by atoms with Crippen LogP contribution in [-0.2, 0) is 25.7 Å². The standard InChI is InChI=1S/C17H23NO5/c1-17(2,3)23-15(20)11-14(9-10-19)18-16(21)22-12-13-7-5-4-6-8-13/h4-8,10,14H,9,11-12H2,1-3H3,(H,18,21). The molecule has 0 bridgehead atoms. The number of carbonyl (C=O) groups excluding carboxylic acids is 3. The van der Waals surface area contributed by atoms with E-state index in [-0.39, 0.29) is 19.4 Å². The first kappa shape index (κ1) is 18.7. The number of amides is 1. The second-order valence-corrected chi connectivity index (χ2v) is 6.10. The first-order valence-electron chi connectivity index (χ1n) is 7.43. The lowest BCUT2D eigenvalue weighted by Crippen LogP contribution is -2.38. The van der Waals surface area contributed by atoms with Crippen LogP contribution in [0.5, 0.6) is 0 Å². The van der Waals surface area contributed by atoms with Crippen LogP contribution in [0.15, 0.2) is 30.3 Å². The molecular formula is C17H23NO5. The normalized spacial score (nSPS) is 12.1. The van der Waals surface area contributed by atoms with Crippen molar-refractivity contribution in [3.63, 3.8) is 0 Å². The van der Waals surface area contributed by atoms with E-state index in [1.807, 2.05) is 30.3 Å². The number of rotatable bonds is 7. The van der Waals surface area contributed by atoms with Crippen LogP contribution in [0.2, 0.25) is 0 Å². The van der Waals surface area contributed by atoms with Crippen molar-refractivity contribution < 1.29 is 23.9 Å². The van der Waals surface area contributed by atoms with Crippen molar-refractivity contribution in [2.24, 2.45) is 0 Å². The lowest BCUT2D eigenvalue weighted by atomic mass is 10.1. The number of benzene rings is 1. The summed E-state index contributed by atoms with van der Waals surface area (Å²) in [6, 6.07) is 8.56. The Balaban J connectivity index is 2.46. The summed E-state index contributed by atoms with van der Waals surface area (Å²) < 4.78 is 10.2. The second-order valence-electron chi connectivity index (χ2n) is 6.10. The Bertz CT molecular complexity index is 522. The molecule has 0 saturated heterocycles. The number of alkyl carbamates (subject to hydrolysis) is 1. The molecule has 1 aromatic rings. The summed E-state index contributed by atoms with van der Waals surface area (Å²) in [6.07, 6.45) is -0.105. The van der Waals surface area contributed by atoms with Crippen molar-refractivity contribution in [3.05, 3.63) is 35.9 Å². The fraction of sp³-hybridized carbons (Fsp3) is 0.471. The summed E-state index contributed by atoms with van der Waals surface area (Å²) in [4.78, 5) is 34.2. The number of carbonyl (C=O) groups is 3. The van der Waals surface area contributed by atoms with Crippen molar-refractivity contribution in [3.8, 4) is 0 Å². The molecule has 0 spiro atoms. The topological polar surface area (TPSA) is 81.7 Å². The van der Waals surface area contributed by atoms with Crippen LogP contribution in [0.3, 0.4) is 0 Å². The molecule has 0 heterocycles. The highest BCUT2D eigenvalue weighted by molar-refractivity contribution is 5.74. The highest BCUT2D eigenvalue weighted by Crippen LogP contribution is 2.10. The SMILES string of the molecule is CC(C)(C)OC(=O)CC(CC=O)NC(=O)OCc1ccccc1. The Morgan fingerprint density at radius 2 is 1.87 bits per heavy atom. The Morgan fingerprint density at radius 3 is 2.43 bits per heavy atom. The number of ether oxygens (including phenoxy) is 2. The van der Waals surface area contributed by atoms with Crippen molar-refractivity contribution in [2.75, 3.05) is 0 Å². The van der Waals surface area contributed by atoms with E-state index in [4.69, 9.17) is 9.47 Å². The molecule has 1 amide bonds. The fourth-order valence-electron chi connectivity index (χ4n) is 1.83. The number of nitrogens with one attached hydrogen (secondary N) is 1. The van der Waals surface area contributed by atoms with E-state index in [9.17, 15) is 14.4 Å². The number of hydrogen-bond donors (Lipinski definition) is 1. The molecule has 1 atom stereocenters. The summed E-state index contributed by atoms with van der Waals surface area (Å²) >= 11 is 0. The molecule has 0 aliphatic heterocycles. The van der Waals surface area contributed by atoms with Gasteiger partial charge in [0.1, 0.15) is 18.5 Å². The Hall–Kier alpha value is -2.37. The van der Waals surface area contributed by atoms with Gasteiger partial charge in [0, 0.05) is 12.5 Å². The van der Waals surface area contributed by atoms with E-state index in [0.717, 1.165) is 5.56 Å². The minimum Gasteiger partial charge on any atom is -0.460 e. The molecule has 0 aromatic heterocycles. The zero-order chi connectivity index (χ0) is 17.3. The molecule has 6 heteroatoms. The maximum Gasteiger partial charge on any atom is 0.407 e. The number of hydrogen-bond acceptors (Lipinski definition) is 5. The summed E-state index contributed by atoms with van der Waals surface area (Å²) in [5, 5.41) is 2.51. The quantitative estimate of drug-likeness (QED) is 0.616. The molecular weight excluding hydrogens is 298 g/mol. The largest absolute Gasteiger partial charge is 0.460 e. The van der Waals surface area contributed by atoms with E-state index in [0.29, 0.717) is 6.29 Å². The van der Waals surface area contributed by atoms with Crippen LogP contribution in [0.25, 0.3) is 0 Å². The Labute approximate surface area is 136 Å². The van der Waals surface area contributed by atoms with Crippen LogP contribution in [-0.4, -0.2) is 30.0 Å². The van der Waals surface area contributed by atoms with Gasteiger partial charge in [-0.05, 0) is 26.3 Å². The highest BCUT2D eigenvalue weighted by atomic mass is 16.6. The van der Waals surface area contributed by atoms with Crippen LogP contribution in [0.4, 0.5) is 4.79 Å². The summed E-state index contributed by atoms with van der Waals surface area (Å²) in [6.45, 7) is 5.37. The predicted molar refractivity (Wildman–Crippen MR) is 84.7 cm³/mol. The average Bonchev–Trinajstić information content (AvgIpc) is 2.44. The molecule has 0 saturated carbocycles. The van der Waals surface area contributed by atoms with Crippen LogP contribution >= 0.6 is 0 Å². The molecule has 0 fully saturated rings. The molecule has 126 valence electrons. The van der Waals surface area contributed by atoms with Crippen molar-refractivity contribution in [1.29, 1.82) is 0 Å². The second kappa shape index (κ2) is 8.92. The molecule has 1 N–H and O–H groups in total. The monoisotopic (exact) mass is 321 g/mol. The smallest absolute Gasteiger partial charge is 0.407 e. The van der Waals surface area contributed by atoms with E-state index in [1.54, 1.807) is 20.8 Å². The fourth-order valence-corrected chi connectivity index (χ4v) is 1.83. The van der Waals surface area contributed by atoms with Gasteiger partial charge in [-0.2, -0.15) is 0 Å².